The molecule has 0 radical (unpaired) electrons. The van der Waals surface area contributed by atoms with Crippen LogP contribution in [-0.4, -0.2) is 47.4 Å². The molecule has 1 unspecified atom stereocenters. The zero-order valence-corrected chi connectivity index (χ0v) is 13.5. The lowest BCUT2D eigenvalue weighted by Gasteiger charge is -2.21. The van der Waals surface area contributed by atoms with Crippen molar-refractivity contribution >= 4 is 33.1 Å². The summed E-state index contributed by atoms with van der Waals surface area (Å²) in [5.74, 6) is 0.783. The molecule has 0 bridgehead atoms. The highest BCUT2D eigenvalue weighted by atomic mass is 32.3. The van der Waals surface area contributed by atoms with Crippen molar-refractivity contribution < 1.29 is 22.6 Å². The molecule has 1 aliphatic rings. The summed E-state index contributed by atoms with van der Waals surface area (Å²) in [5.41, 5.74) is 0.983. The van der Waals surface area contributed by atoms with Crippen LogP contribution in [0.4, 0.5) is 0 Å². The highest BCUT2D eigenvalue weighted by Crippen LogP contribution is 2.39. The van der Waals surface area contributed by atoms with Crippen molar-refractivity contribution in [1.29, 1.82) is 0 Å². The zero-order chi connectivity index (χ0) is 14.6. The van der Waals surface area contributed by atoms with Gasteiger partial charge in [0.05, 0.1) is 23.5 Å². The summed E-state index contributed by atoms with van der Waals surface area (Å²) in [6, 6.07) is 1.64. The number of sulfonamides is 1. The molecular formula is C11H17NO5S3. The van der Waals surface area contributed by atoms with Crippen molar-refractivity contribution in [3.8, 4) is 0 Å². The number of methoxy groups -OCH3 is 1. The van der Waals surface area contributed by atoms with Gasteiger partial charge in [0.25, 0.3) is 0 Å². The van der Waals surface area contributed by atoms with E-state index in [-0.39, 0.29) is 17.1 Å². The predicted molar refractivity (Wildman–Crippen MR) is 77.7 cm³/mol. The predicted octanol–water partition coefficient (Wildman–Crippen LogP) is 1.05. The van der Waals surface area contributed by atoms with Gasteiger partial charge in [0.15, 0.2) is 0 Å². The molecule has 6 nitrogen and oxygen atoms in total. The van der Waals surface area contributed by atoms with Crippen LogP contribution in [0.5, 0.6) is 0 Å². The second-order valence-electron chi connectivity index (χ2n) is 4.25. The van der Waals surface area contributed by atoms with Crippen molar-refractivity contribution in [2.45, 2.75) is 20.9 Å². The molecule has 114 valence electrons. The van der Waals surface area contributed by atoms with Crippen LogP contribution in [0.3, 0.4) is 0 Å². The molecule has 20 heavy (non-hydrogen) atoms. The molecule has 1 aliphatic heterocycles. The topological polar surface area (TPSA) is 87.8 Å². The third-order valence-electron chi connectivity index (χ3n) is 2.69. The number of hydrogen-bond acceptors (Lipinski definition) is 7. The molecule has 2 heterocycles. The second kappa shape index (κ2) is 7.21. The lowest BCUT2D eigenvalue weighted by atomic mass is 10.1. The Labute approximate surface area is 126 Å². The fraction of sp³-hybridized carbons (Fsp3) is 0.636. The van der Waals surface area contributed by atoms with Crippen molar-refractivity contribution in [2.75, 3.05) is 32.9 Å². The van der Waals surface area contributed by atoms with Crippen LogP contribution in [-0.2, 0) is 30.7 Å². The summed E-state index contributed by atoms with van der Waals surface area (Å²) in [4.78, 5) is 0. The van der Waals surface area contributed by atoms with Gasteiger partial charge in [0, 0.05) is 19.3 Å². The van der Waals surface area contributed by atoms with Crippen LogP contribution in [0.25, 0.3) is 0 Å². The molecule has 9 heteroatoms. The van der Waals surface area contributed by atoms with Crippen LogP contribution >= 0.6 is 23.1 Å². The monoisotopic (exact) mass is 339 g/mol. The summed E-state index contributed by atoms with van der Waals surface area (Å²) >= 11 is 2.82. The van der Waals surface area contributed by atoms with E-state index in [0.717, 1.165) is 15.5 Å². The van der Waals surface area contributed by atoms with E-state index in [9.17, 15) is 8.42 Å². The number of thiophene rings is 1. The summed E-state index contributed by atoms with van der Waals surface area (Å²) in [6.45, 7) is 1.25. The van der Waals surface area contributed by atoms with Crippen molar-refractivity contribution in [2.24, 2.45) is 5.14 Å². The van der Waals surface area contributed by atoms with E-state index in [1.807, 2.05) is 0 Å². The van der Waals surface area contributed by atoms with E-state index in [0.29, 0.717) is 19.6 Å². The zero-order valence-electron chi connectivity index (χ0n) is 11.0. The van der Waals surface area contributed by atoms with Gasteiger partial charge in [0.2, 0.25) is 10.0 Å². The Kier molecular flexibility index (Phi) is 5.84. The van der Waals surface area contributed by atoms with E-state index in [4.69, 9.17) is 19.3 Å². The smallest absolute Gasteiger partial charge is 0.247 e. The molecule has 0 saturated heterocycles. The van der Waals surface area contributed by atoms with Crippen molar-refractivity contribution in [3.63, 3.8) is 0 Å². The Hall–Kier alpha value is -0.160. The van der Waals surface area contributed by atoms with Crippen LogP contribution in [0, 0.1) is 0 Å². The van der Waals surface area contributed by atoms with Gasteiger partial charge in [-0.05, 0) is 11.6 Å². The highest BCUT2D eigenvalue weighted by molar-refractivity contribution is 8.01. The summed E-state index contributed by atoms with van der Waals surface area (Å²) < 4.78 is 39.6. The molecule has 0 saturated carbocycles. The molecule has 0 aliphatic carbocycles. The maximum Gasteiger partial charge on any atom is 0.247 e. The normalized spacial score (nSPS) is 19.0. The van der Waals surface area contributed by atoms with Gasteiger partial charge < -0.3 is 14.2 Å². The lowest BCUT2D eigenvalue weighted by Crippen LogP contribution is -2.23. The van der Waals surface area contributed by atoms with Gasteiger partial charge >= 0.3 is 0 Å². The van der Waals surface area contributed by atoms with Crippen LogP contribution in [0.1, 0.15) is 5.56 Å². The fourth-order valence-corrected chi connectivity index (χ4v) is 5.14. The number of ether oxygens (including phenoxy) is 3. The molecule has 1 aromatic rings. The van der Waals surface area contributed by atoms with Crippen LogP contribution in [0.2, 0.25) is 0 Å². The van der Waals surface area contributed by atoms with Crippen LogP contribution < -0.4 is 5.14 Å². The minimum atomic E-state index is -3.62. The molecule has 0 aromatic carbocycles. The van der Waals surface area contributed by atoms with Gasteiger partial charge in [0.1, 0.15) is 11.0 Å². The summed E-state index contributed by atoms with van der Waals surface area (Å²) in [6.07, 6.45) is 0.708. The molecule has 0 fully saturated rings. The molecule has 0 amide bonds. The standard InChI is InChI=1S/C11H17NO5S3/c1-15-2-3-16-7-17-9-4-8-5-10(20(12,13)14)19-11(8)18-6-9/h5,9H,2-4,6-7H2,1H3,(H2,12,13,14). The van der Waals surface area contributed by atoms with Gasteiger partial charge in [-0.15, -0.1) is 23.1 Å². The maximum atomic E-state index is 11.3. The Balaban J connectivity index is 1.86. The first kappa shape index (κ1) is 16.2. The molecule has 2 N–H and O–H groups in total. The molecular weight excluding hydrogens is 322 g/mol. The minimum Gasteiger partial charge on any atom is -0.382 e. The van der Waals surface area contributed by atoms with Gasteiger partial charge in [-0.1, -0.05) is 0 Å². The second-order valence-corrected chi connectivity index (χ2v) is 8.37. The van der Waals surface area contributed by atoms with E-state index in [1.54, 1.807) is 24.9 Å². The number of fused-ring (bicyclic) bond motifs is 1. The van der Waals surface area contributed by atoms with Crippen molar-refractivity contribution in [1.82, 2.24) is 0 Å². The lowest BCUT2D eigenvalue weighted by molar-refractivity contribution is -0.0910. The molecule has 2 rings (SSSR count). The number of nitrogens with two attached hydrogens (primary N) is 1. The molecule has 1 atom stereocenters. The Morgan fingerprint density at radius 1 is 1.45 bits per heavy atom. The largest absolute Gasteiger partial charge is 0.382 e. The highest BCUT2D eigenvalue weighted by Gasteiger charge is 2.25. The maximum absolute atomic E-state index is 11.3. The van der Waals surface area contributed by atoms with Crippen molar-refractivity contribution in [3.05, 3.63) is 11.6 Å². The van der Waals surface area contributed by atoms with E-state index in [2.05, 4.69) is 0 Å². The number of hydrogen-bond donors (Lipinski definition) is 1. The van der Waals surface area contributed by atoms with Gasteiger partial charge in [-0.3, -0.25) is 0 Å². The third-order valence-corrected chi connectivity index (χ3v) is 6.75. The fourth-order valence-electron chi connectivity index (χ4n) is 1.72. The molecule has 0 spiro atoms. The Morgan fingerprint density at radius 3 is 2.95 bits per heavy atom. The van der Waals surface area contributed by atoms with Gasteiger partial charge in [-0.25, -0.2) is 13.6 Å². The Bertz CT molecular complexity index is 542. The van der Waals surface area contributed by atoms with Crippen LogP contribution in [0.15, 0.2) is 14.5 Å². The summed E-state index contributed by atoms with van der Waals surface area (Å²) in [7, 11) is -2.00. The van der Waals surface area contributed by atoms with E-state index < -0.39 is 10.0 Å². The first-order chi connectivity index (χ1) is 9.50. The number of primary sulfonamides is 1. The minimum absolute atomic E-state index is 0.0259. The van der Waals surface area contributed by atoms with E-state index >= 15 is 0 Å². The average molecular weight is 339 g/mol. The first-order valence-electron chi connectivity index (χ1n) is 5.97. The Morgan fingerprint density at radius 2 is 2.25 bits per heavy atom. The number of rotatable bonds is 7. The average Bonchev–Trinajstić information content (AvgIpc) is 2.81. The quantitative estimate of drug-likeness (QED) is 0.590. The number of thioether (sulfide) groups is 1. The first-order valence-corrected chi connectivity index (χ1v) is 9.32. The summed E-state index contributed by atoms with van der Waals surface area (Å²) in [5, 5.41) is 5.14. The molecule has 1 aromatic heterocycles. The third kappa shape index (κ3) is 4.42. The van der Waals surface area contributed by atoms with Gasteiger partial charge in [-0.2, -0.15) is 0 Å². The van der Waals surface area contributed by atoms with E-state index in [1.165, 1.54) is 11.3 Å². The SMILES string of the molecule is COCCOCOC1CSc2sc(S(N)(=O)=O)cc2C1.